The minimum Gasteiger partial charge on any atom is -0.508 e. The van der Waals surface area contributed by atoms with Crippen LogP contribution in [0.4, 0.5) is 0 Å². The maximum Gasteiger partial charge on any atom is 0.119 e. The molecule has 0 amide bonds. The second kappa shape index (κ2) is 6.24. The Labute approximate surface area is 126 Å². The Morgan fingerprint density at radius 2 is 1.90 bits per heavy atom. The molecule has 1 aliphatic heterocycles. The predicted molar refractivity (Wildman–Crippen MR) is 83.5 cm³/mol. The number of piperidine rings is 1. The van der Waals surface area contributed by atoms with Gasteiger partial charge in [-0.15, -0.1) is 0 Å². The van der Waals surface area contributed by atoms with E-state index in [0.29, 0.717) is 12.0 Å². The third-order valence-corrected chi connectivity index (χ3v) is 4.79. The van der Waals surface area contributed by atoms with Crippen LogP contribution in [-0.4, -0.2) is 40.8 Å². The van der Waals surface area contributed by atoms with E-state index in [4.69, 9.17) is 0 Å². The van der Waals surface area contributed by atoms with Gasteiger partial charge in [0.05, 0.1) is 0 Å². The lowest BCUT2D eigenvalue weighted by Crippen LogP contribution is -2.40. The minimum absolute atomic E-state index is 0.145. The van der Waals surface area contributed by atoms with Crippen LogP contribution in [0.3, 0.4) is 0 Å². The Kier molecular flexibility index (Phi) is 4.36. The maximum absolute atomic E-state index is 9.71. The van der Waals surface area contributed by atoms with E-state index in [2.05, 4.69) is 17.1 Å². The molecule has 3 N–H and O–H groups in total. The molecule has 1 saturated carbocycles. The number of aromatic hydroxyl groups is 2. The van der Waals surface area contributed by atoms with Gasteiger partial charge in [0.2, 0.25) is 0 Å². The monoisotopic (exact) mass is 290 g/mol. The molecule has 2 aliphatic rings. The maximum atomic E-state index is 9.71. The van der Waals surface area contributed by atoms with Crippen molar-refractivity contribution in [3.05, 3.63) is 23.8 Å². The molecule has 3 rings (SSSR count). The molecule has 1 saturated heterocycles. The van der Waals surface area contributed by atoms with Crippen molar-refractivity contribution in [1.82, 2.24) is 10.2 Å². The zero-order chi connectivity index (χ0) is 14.8. The number of benzene rings is 1. The van der Waals surface area contributed by atoms with Crippen molar-refractivity contribution in [2.24, 2.45) is 5.92 Å². The van der Waals surface area contributed by atoms with Crippen molar-refractivity contribution in [3.8, 4) is 11.5 Å². The van der Waals surface area contributed by atoms with Gasteiger partial charge in [-0.2, -0.15) is 0 Å². The van der Waals surface area contributed by atoms with Gasteiger partial charge in [-0.05, 0) is 69.3 Å². The van der Waals surface area contributed by atoms with Crippen LogP contribution in [0, 0.1) is 5.92 Å². The van der Waals surface area contributed by atoms with Crippen LogP contribution < -0.4 is 5.32 Å². The first kappa shape index (κ1) is 14.7. The summed E-state index contributed by atoms with van der Waals surface area (Å²) in [6.45, 7) is 5.55. The first-order valence-corrected chi connectivity index (χ1v) is 8.13. The summed E-state index contributed by atoms with van der Waals surface area (Å²) in [5, 5.41) is 22.9. The lowest BCUT2D eigenvalue weighted by atomic mass is 9.97. The fraction of sp³-hybridized carbons (Fsp3) is 0.647. The molecule has 116 valence electrons. The summed E-state index contributed by atoms with van der Waals surface area (Å²) in [7, 11) is 0. The highest BCUT2D eigenvalue weighted by Gasteiger charge is 2.34. The predicted octanol–water partition coefficient (Wildman–Crippen LogP) is 2.62. The molecular formula is C17H26N2O2. The summed E-state index contributed by atoms with van der Waals surface area (Å²) in [6, 6.07) is 5.85. The number of hydrogen-bond acceptors (Lipinski definition) is 4. The molecule has 4 heteroatoms. The Hall–Kier alpha value is -1.26. The number of nitrogens with one attached hydrogen (secondary N) is 1. The summed E-state index contributed by atoms with van der Waals surface area (Å²) in [4.78, 5) is 2.56. The Balaban J connectivity index is 1.73. The van der Waals surface area contributed by atoms with Crippen molar-refractivity contribution in [3.63, 3.8) is 0 Å². The zero-order valence-corrected chi connectivity index (χ0v) is 12.8. The van der Waals surface area contributed by atoms with E-state index in [9.17, 15) is 10.2 Å². The minimum atomic E-state index is 0.145. The quantitative estimate of drug-likeness (QED) is 0.780. The topological polar surface area (TPSA) is 55.7 Å². The van der Waals surface area contributed by atoms with Crippen LogP contribution in [0.1, 0.15) is 44.2 Å². The van der Waals surface area contributed by atoms with Crippen molar-refractivity contribution >= 4 is 0 Å². The van der Waals surface area contributed by atoms with Crippen LogP contribution >= 0.6 is 0 Å². The Morgan fingerprint density at radius 1 is 1.19 bits per heavy atom. The highest BCUT2D eigenvalue weighted by Crippen LogP contribution is 2.37. The molecule has 2 atom stereocenters. The Bertz CT molecular complexity index is 461. The molecule has 0 bridgehead atoms. The average Bonchev–Trinajstić information content (AvgIpc) is 3.29. The van der Waals surface area contributed by atoms with Crippen molar-refractivity contribution < 1.29 is 10.2 Å². The van der Waals surface area contributed by atoms with E-state index in [1.54, 1.807) is 12.1 Å². The summed E-state index contributed by atoms with van der Waals surface area (Å²) in [6.07, 6.45) is 5.11. The summed E-state index contributed by atoms with van der Waals surface area (Å²) in [5.74, 6) is 1.01. The smallest absolute Gasteiger partial charge is 0.119 e. The molecule has 0 spiro atoms. The summed E-state index contributed by atoms with van der Waals surface area (Å²) in [5.41, 5.74) is 1.00. The van der Waals surface area contributed by atoms with Gasteiger partial charge in [-0.3, -0.25) is 4.90 Å². The van der Waals surface area contributed by atoms with Crippen molar-refractivity contribution in [2.75, 3.05) is 19.6 Å². The first-order chi connectivity index (χ1) is 10.1. The molecule has 2 unspecified atom stereocenters. The molecule has 1 aromatic rings. The summed E-state index contributed by atoms with van der Waals surface area (Å²) >= 11 is 0. The Morgan fingerprint density at radius 3 is 2.48 bits per heavy atom. The molecule has 1 aliphatic carbocycles. The number of rotatable bonds is 5. The average molecular weight is 290 g/mol. The fourth-order valence-electron chi connectivity index (χ4n) is 3.46. The second-order valence-corrected chi connectivity index (χ2v) is 6.60. The SMILES string of the molecule is CC(c1cc(O)cc(O)c1)N(CC1CCCNC1)C1CC1. The van der Waals surface area contributed by atoms with Crippen LogP contribution in [0.5, 0.6) is 11.5 Å². The van der Waals surface area contributed by atoms with Crippen LogP contribution in [0.2, 0.25) is 0 Å². The van der Waals surface area contributed by atoms with E-state index in [-0.39, 0.29) is 17.5 Å². The van der Waals surface area contributed by atoms with Gasteiger partial charge in [0.1, 0.15) is 11.5 Å². The van der Waals surface area contributed by atoms with Gasteiger partial charge >= 0.3 is 0 Å². The van der Waals surface area contributed by atoms with Gasteiger partial charge in [0.15, 0.2) is 0 Å². The first-order valence-electron chi connectivity index (χ1n) is 8.13. The van der Waals surface area contributed by atoms with E-state index in [1.165, 1.54) is 31.7 Å². The van der Waals surface area contributed by atoms with Gasteiger partial charge < -0.3 is 15.5 Å². The van der Waals surface area contributed by atoms with E-state index in [1.807, 2.05) is 0 Å². The van der Waals surface area contributed by atoms with Gasteiger partial charge in [-0.25, -0.2) is 0 Å². The molecule has 0 aromatic heterocycles. The summed E-state index contributed by atoms with van der Waals surface area (Å²) < 4.78 is 0. The van der Waals surface area contributed by atoms with Crippen LogP contribution in [-0.2, 0) is 0 Å². The molecule has 0 radical (unpaired) electrons. The largest absolute Gasteiger partial charge is 0.508 e. The highest BCUT2D eigenvalue weighted by molar-refractivity contribution is 5.38. The molecule has 1 heterocycles. The van der Waals surface area contributed by atoms with Crippen LogP contribution in [0.15, 0.2) is 18.2 Å². The van der Waals surface area contributed by atoms with Crippen LogP contribution in [0.25, 0.3) is 0 Å². The fourth-order valence-corrected chi connectivity index (χ4v) is 3.46. The number of hydrogen-bond donors (Lipinski definition) is 3. The number of phenols is 2. The van der Waals surface area contributed by atoms with E-state index in [0.717, 1.165) is 25.2 Å². The van der Waals surface area contributed by atoms with Crippen molar-refractivity contribution in [2.45, 2.75) is 44.7 Å². The standard InChI is InChI=1S/C17H26N2O2/c1-12(14-7-16(20)9-17(21)8-14)19(15-4-5-15)11-13-3-2-6-18-10-13/h7-9,12-13,15,18,20-21H,2-6,10-11H2,1H3. The van der Waals surface area contributed by atoms with Gasteiger partial charge in [0.25, 0.3) is 0 Å². The van der Waals surface area contributed by atoms with E-state index >= 15 is 0 Å². The number of phenolic OH excluding ortho intramolecular Hbond substituents is 2. The molecule has 21 heavy (non-hydrogen) atoms. The molecular weight excluding hydrogens is 264 g/mol. The van der Waals surface area contributed by atoms with Gasteiger partial charge in [-0.1, -0.05) is 0 Å². The van der Waals surface area contributed by atoms with E-state index < -0.39 is 0 Å². The zero-order valence-electron chi connectivity index (χ0n) is 12.8. The molecule has 4 nitrogen and oxygen atoms in total. The third kappa shape index (κ3) is 3.69. The van der Waals surface area contributed by atoms with Gasteiger partial charge in [0, 0.05) is 24.7 Å². The second-order valence-electron chi connectivity index (χ2n) is 6.60. The molecule has 1 aromatic carbocycles. The number of nitrogens with zero attached hydrogens (tertiary/aromatic N) is 1. The molecule has 2 fully saturated rings. The highest BCUT2D eigenvalue weighted by atomic mass is 16.3. The lowest BCUT2D eigenvalue weighted by molar-refractivity contribution is 0.153. The third-order valence-electron chi connectivity index (χ3n) is 4.79. The van der Waals surface area contributed by atoms with Crippen molar-refractivity contribution in [1.29, 1.82) is 0 Å². The lowest BCUT2D eigenvalue weighted by Gasteiger charge is -2.34. The normalized spacial score (nSPS) is 24.2.